The number of carbonyl (C=O) groups is 1. The summed E-state index contributed by atoms with van der Waals surface area (Å²) >= 11 is 1.35. The Balaban J connectivity index is 2.12. The lowest BCUT2D eigenvalue weighted by Crippen LogP contribution is -2.28. The number of anilines is 2. The molecule has 0 bridgehead atoms. The quantitative estimate of drug-likeness (QED) is 0.880. The third-order valence-corrected chi connectivity index (χ3v) is 3.96. The van der Waals surface area contributed by atoms with Crippen molar-refractivity contribution in [2.75, 3.05) is 24.1 Å². The van der Waals surface area contributed by atoms with Crippen LogP contribution in [-0.4, -0.2) is 34.9 Å². The van der Waals surface area contributed by atoms with Crippen molar-refractivity contribution in [1.29, 1.82) is 0 Å². The normalized spacial score (nSPS) is 19.6. The molecule has 1 fully saturated rings. The summed E-state index contributed by atoms with van der Waals surface area (Å²) in [7, 11) is 0. The molecular formula is C12H20N4OS. The van der Waals surface area contributed by atoms with Crippen LogP contribution in [0.5, 0.6) is 0 Å². The summed E-state index contributed by atoms with van der Waals surface area (Å²) in [5, 5.41) is 3.90. The second kappa shape index (κ2) is 5.14. The Hall–Kier alpha value is -1.30. The van der Waals surface area contributed by atoms with Crippen LogP contribution < -0.4 is 11.1 Å². The highest BCUT2D eigenvalue weighted by atomic mass is 32.1. The van der Waals surface area contributed by atoms with E-state index < -0.39 is 0 Å². The number of rotatable bonds is 3. The van der Waals surface area contributed by atoms with Crippen LogP contribution in [0.25, 0.3) is 0 Å². The van der Waals surface area contributed by atoms with Crippen molar-refractivity contribution in [1.82, 2.24) is 9.88 Å². The van der Waals surface area contributed by atoms with E-state index in [0.29, 0.717) is 16.6 Å². The van der Waals surface area contributed by atoms with Crippen molar-refractivity contribution in [2.24, 2.45) is 5.92 Å². The van der Waals surface area contributed by atoms with Crippen LogP contribution in [0.15, 0.2) is 0 Å². The summed E-state index contributed by atoms with van der Waals surface area (Å²) in [4.78, 5) is 18.9. The first-order chi connectivity index (χ1) is 8.47. The van der Waals surface area contributed by atoms with Gasteiger partial charge in [-0.15, -0.1) is 0 Å². The Bertz CT molecular complexity index is 443. The molecule has 0 radical (unpaired) electrons. The van der Waals surface area contributed by atoms with Crippen LogP contribution in [0.4, 0.5) is 10.9 Å². The average molecular weight is 268 g/mol. The lowest BCUT2D eigenvalue weighted by molar-refractivity contribution is 0.0793. The molecule has 2 heterocycles. The molecule has 0 saturated carbocycles. The zero-order valence-corrected chi connectivity index (χ0v) is 11.9. The van der Waals surface area contributed by atoms with Crippen LogP contribution in [0, 0.1) is 5.92 Å². The minimum Gasteiger partial charge on any atom is -0.382 e. The summed E-state index contributed by atoms with van der Waals surface area (Å²) in [6, 6.07) is 0.283. The predicted octanol–water partition coefficient (Wildman–Crippen LogP) is 2.03. The van der Waals surface area contributed by atoms with E-state index in [1.54, 1.807) is 0 Å². The molecule has 1 aromatic rings. The number of hydrogen-bond donors (Lipinski definition) is 2. The second-order valence-electron chi connectivity index (χ2n) is 5.18. The number of likely N-dealkylation sites (tertiary alicyclic amines) is 1. The van der Waals surface area contributed by atoms with E-state index in [1.165, 1.54) is 11.3 Å². The molecule has 1 aliphatic rings. The van der Waals surface area contributed by atoms with Gasteiger partial charge in [-0.3, -0.25) is 4.79 Å². The van der Waals surface area contributed by atoms with Crippen molar-refractivity contribution in [3.63, 3.8) is 0 Å². The molecular weight excluding hydrogens is 248 g/mol. The van der Waals surface area contributed by atoms with Gasteiger partial charge in [0.15, 0.2) is 5.13 Å². The summed E-state index contributed by atoms with van der Waals surface area (Å²) < 4.78 is 0. The number of nitrogens with two attached hydrogens (primary N) is 1. The molecule has 1 aliphatic heterocycles. The molecule has 18 heavy (non-hydrogen) atoms. The Morgan fingerprint density at radius 1 is 1.61 bits per heavy atom. The molecule has 2 rings (SSSR count). The van der Waals surface area contributed by atoms with Crippen LogP contribution >= 0.6 is 11.3 Å². The van der Waals surface area contributed by atoms with Gasteiger partial charge in [0.05, 0.1) is 0 Å². The lowest BCUT2D eigenvalue weighted by atomic mass is 10.2. The van der Waals surface area contributed by atoms with Crippen LogP contribution in [0.3, 0.4) is 0 Å². The van der Waals surface area contributed by atoms with E-state index in [4.69, 9.17) is 5.73 Å². The molecule has 1 unspecified atom stereocenters. The number of hydrogen-bond acceptors (Lipinski definition) is 5. The smallest absolute Gasteiger partial charge is 0.267 e. The van der Waals surface area contributed by atoms with Gasteiger partial charge in [0.2, 0.25) is 0 Å². The van der Waals surface area contributed by atoms with E-state index >= 15 is 0 Å². The summed E-state index contributed by atoms with van der Waals surface area (Å²) in [5.74, 6) is 0.940. The number of nitrogen functional groups attached to an aromatic ring is 1. The van der Waals surface area contributed by atoms with E-state index in [1.807, 2.05) is 18.7 Å². The molecule has 0 spiro atoms. The minimum atomic E-state index is 0.0196. The standard InChI is InChI=1S/C12H20N4OS/c1-7(2)14-12-15-10(13)9(18-12)11(17)16-5-4-8(3)6-16/h7-8H,4-6,13H2,1-3H3,(H,14,15). The molecule has 1 atom stereocenters. The number of carbonyl (C=O) groups excluding carboxylic acids is 1. The van der Waals surface area contributed by atoms with E-state index in [2.05, 4.69) is 17.2 Å². The first kappa shape index (κ1) is 13.1. The number of amides is 1. The van der Waals surface area contributed by atoms with E-state index in [-0.39, 0.29) is 11.9 Å². The Morgan fingerprint density at radius 2 is 2.33 bits per heavy atom. The van der Waals surface area contributed by atoms with Gasteiger partial charge >= 0.3 is 0 Å². The second-order valence-corrected chi connectivity index (χ2v) is 6.18. The topological polar surface area (TPSA) is 71.2 Å². The van der Waals surface area contributed by atoms with Gasteiger partial charge in [-0.05, 0) is 26.2 Å². The Labute approximate surface area is 111 Å². The fourth-order valence-electron chi connectivity index (χ4n) is 2.06. The van der Waals surface area contributed by atoms with Crippen LogP contribution in [0.2, 0.25) is 0 Å². The molecule has 0 aliphatic carbocycles. The lowest BCUT2D eigenvalue weighted by Gasteiger charge is -2.14. The van der Waals surface area contributed by atoms with Crippen LogP contribution in [0.1, 0.15) is 36.9 Å². The Morgan fingerprint density at radius 3 is 2.89 bits per heavy atom. The number of aromatic nitrogens is 1. The molecule has 1 aromatic heterocycles. The summed E-state index contributed by atoms with van der Waals surface area (Å²) in [6.45, 7) is 7.87. The average Bonchev–Trinajstić information content (AvgIpc) is 2.83. The van der Waals surface area contributed by atoms with Gasteiger partial charge < -0.3 is 16.0 Å². The first-order valence-electron chi connectivity index (χ1n) is 6.29. The fraction of sp³-hybridized carbons (Fsp3) is 0.667. The maximum atomic E-state index is 12.3. The van der Waals surface area contributed by atoms with Gasteiger partial charge in [-0.25, -0.2) is 4.98 Å². The van der Waals surface area contributed by atoms with Gasteiger partial charge in [0.1, 0.15) is 10.7 Å². The molecule has 6 heteroatoms. The molecule has 100 valence electrons. The largest absolute Gasteiger partial charge is 0.382 e. The fourth-order valence-corrected chi connectivity index (χ4v) is 3.06. The SMILES string of the molecule is CC1CCN(C(=O)c2sc(NC(C)C)nc2N)C1. The van der Waals surface area contributed by atoms with Crippen LogP contribution in [-0.2, 0) is 0 Å². The maximum absolute atomic E-state index is 12.3. The highest BCUT2D eigenvalue weighted by Crippen LogP contribution is 2.28. The molecule has 0 aromatic carbocycles. The zero-order valence-electron chi connectivity index (χ0n) is 11.1. The minimum absolute atomic E-state index is 0.0196. The third-order valence-electron chi connectivity index (χ3n) is 2.97. The van der Waals surface area contributed by atoms with Crippen molar-refractivity contribution in [2.45, 2.75) is 33.2 Å². The number of nitrogens with one attached hydrogen (secondary N) is 1. The monoisotopic (exact) mass is 268 g/mol. The highest BCUT2D eigenvalue weighted by molar-refractivity contribution is 7.18. The highest BCUT2D eigenvalue weighted by Gasteiger charge is 2.27. The number of thiazole rings is 1. The van der Waals surface area contributed by atoms with Gasteiger partial charge in [-0.2, -0.15) is 0 Å². The summed E-state index contributed by atoms with van der Waals surface area (Å²) in [6.07, 6.45) is 1.07. The van der Waals surface area contributed by atoms with E-state index in [0.717, 1.165) is 24.6 Å². The summed E-state index contributed by atoms with van der Waals surface area (Å²) in [5.41, 5.74) is 5.83. The molecule has 1 amide bonds. The molecule has 3 N–H and O–H groups in total. The van der Waals surface area contributed by atoms with Gasteiger partial charge in [0.25, 0.3) is 5.91 Å². The third kappa shape index (κ3) is 2.75. The van der Waals surface area contributed by atoms with Crippen molar-refractivity contribution in [3.8, 4) is 0 Å². The molecule has 1 saturated heterocycles. The molecule has 5 nitrogen and oxygen atoms in total. The van der Waals surface area contributed by atoms with E-state index in [9.17, 15) is 4.79 Å². The van der Waals surface area contributed by atoms with Gasteiger partial charge in [-0.1, -0.05) is 18.3 Å². The Kier molecular flexibility index (Phi) is 3.75. The number of nitrogens with zero attached hydrogens (tertiary/aromatic N) is 2. The first-order valence-corrected chi connectivity index (χ1v) is 7.11. The zero-order chi connectivity index (χ0) is 13.3. The van der Waals surface area contributed by atoms with Crippen molar-refractivity contribution in [3.05, 3.63) is 4.88 Å². The van der Waals surface area contributed by atoms with Gasteiger partial charge in [0, 0.05) is 19.1 Å². The van der Waals surface area contributed by atoms with Crippen molar-refractivity contribution >= 4 is 28.2 Å². The maximum Gasteiger partial charge on any atom is 0.267 e. The predicted molar refractivity (Wildman–Crippen MR) is 75.0 cm³/mol. The van der Waals surface area contributed by atoms with Crippen molar-refractivity contribution < 1.29 is 4.79 Å².